The van der Waals surface area contributed by atoms with Crippen LogP contribution in [0.1, 0.15) is 36.7 Å². The molecular formula is C12H13F3OS. The highest BCUT2D eigenvalue weighted by Gasteiger charge is 2.34. The van der Waals surface area contributed by atoms with Crippen molar-refractivity contribution in [3.05, 3.63) is 29.3 Å². The van der Waals surface area contributed by atoms with Crippen molar-refractivity contribution in [3.8, 4) is 0 Å². The first-order valence-electron chi connectivity index (χ1n) is 4.99. The first kappa shape index (κ1) is 14.1. The number of hydrogen-bond donors (Lipinski definition) is 0. The Hall–Kier alpha value is -0.970. The van der Waals surface area contributed by atoms with Gasteiger partial charge in [0.1, 0.15) is 6.29 Å². The molecule has 0 spiro atoms. The van der Waals surface area contributed by atoms with Crippen molar-refractivity contribution in [1.29, 1.82) is 0 Å². The SMILES string of the molecule is CC(C)(C)Sc1ccc(C=O)cc1C(F)(F)F. The molecule has 0 aliphatic rings. The van der Waals surface area contributed by atoms with E-state index >= 15 is 0 Å². The average molecular weight is 262 g/mol. The molecule has 0 bridgehead atoms. The van der Waals surface area contributed by atoms with Gasteiger partial charge in [0, 0.05) is 15.2 Å². The predicted octanol–water partition coefficient (Wildman–Crippen LogP) is 4.41. The number of carbonyl (C=O) groups excluding carboxylic acids is 1. The van der Waals surface area contributed by atoms with Crippen molar-refractivity contribution < 1.29 is 18.0 Å². The van der Waals surface area contributed by atoms with Crippen LogP contribution >= 0.6 is 11.8 Å². The molecule has 0 aromatic heterocycles. The van der Waals surface area contributed by atoms with Crippen LogP contribution in [0.25, 0.3) is 0 Å². The van der Waals surface area contributed by atoms with Crippen molar-refractivity contribution >= 4 is 18.0 Å². The van der Waals surface area contributed by atoms with Crippen LogP contribution in [0.2, 0.25) is 0 Å². The molecule has 0 N–H and O–H groups in total. The van der Waals surface area contributed by atoms with Crippen molar-refractivity contribution in [2.24, 2.45) is 0 Å². The fraction of sp³-hybridized carbons (Fsp3) is 0.417. The van der Waals surface area contributed by atoms with Gasteiger partial charge in [0.2, 0.25) is 0 Å². The Morgan fingerprint density at radius 3 is 2.18 bits per heavy atom. The smallest absolute Gasteiger partial charge is 0.298 e. The summed E-state index contributed by atoms with van der Waals surface area (Å²) >= 11 is 1.14. The van der Waals surface area contributed by atoms with Crippen LogP contribution < -0.4 is 0 Å². The van der Waals surface area contributed by atoms with Crippen LogP contribution in [-0.4, -0.2) is 11.0 Å². The summed E-state index contributed by atoms with van der Waals surface area (Å²) < 4.78 is 38.1. The van der Waals surface area contributed by atoms with Gasteiger partial charge >= 0.3 is 6.18 Å². The fourth-order valence-electron chi connectivity index (χ4n) is 1.26. The van der Waals surface area contributed by atoms with E-state index in [0.29, 0.717) is 6.29 Å². The summed E-state index contributed by atoms with van der Waals surface area (Å²) in [5.41, 5.74) is -0.711. The second-order valence-electron chi connectivity index (χ2n) is 4.59. The highest BCUT2D eigenvalue weighted by molar-refractivity contribution is 8.00. The van der Waals surface area contributed by atoms with Gasteiger partial charge < -0.3 is 0 Å². The maximum absolute atomic E-state index is 12.8. The lowest BCUT2D eigenvalue weighted by molar-refractivity contribution is -0.139. The van der Waals surface area contributed by atoms with Gasteiger partial charge in [-0.3, -0.25) is 4.79 Å². The van der Waals surface area contributed by atoms with Gasteiger partial charge in [-0.1, -0.05) is 26.8 Å². The Labute approximate surface area is 102 Å². The highest BCUT2D eigenvalue weighted by atomic mass is 32.2. The van der Waals surface area contributed by atoms with Gasteiger partial charge in [0.15, 0.2) is 0 Å². The van der Waals surface area contributed by atoms with E-state index in [2.05, 4.69) is 0 Å². The summed E-state index contributed by atoms with van der Waals surface area (Å²) in [5.74, 6) is 0. The summed E-state index contributed by atoms with van der Waals surface area (Å²) in [6.07, 6.45) is -4.02. The molecule has 5 heteroatoms. The van der Waals surface area contributed by atoms with Gasteiger partial charge in [-0.05, 0) is 12.1 Å². The fourth-order valence-corrected chi connectivity index (χ4v) is 2.34. The van der Waals surface area contributed by atoms with Crippen LogP contribution in [0.5, 0.6) is 0 Å². The molecule has 0 radical (unpaired) electrons. The molecule has 1 rings (SSSR count). The summed E-state index contributed by atoms with van der Waals surface area (Å²) in [6, 6.07) is 3.64. The quantitative estimate of drug-likeness (QED) is 0.580. The molecule has 0 unspecified atom stereocenters. The average Bonchev–Trinajstić information content (AvgIpc) is 2.14. The lowest BCUT2D eigenvalue weighted by Gasteiger charge is -2.21. The molecule has 0 heterocycles. The maximum Gasteiger partial charge on any atom is 0.417 e. The summed E-state index contributed by atoms with van der Waals surface area (Å²) in [6.45, 7) is 5.52. The molecule has 1 aromatic rings. The molecule has 1 nitrogen and oxygen atoms in total. The lowest BCUT2D eigenvalue weighted by Crippen LogP contribution is -2.12. The van der Waals surface area contributed by atoms with Gasteiger partial charge in [-0.2, -0.15) is 13.2 Å². The molecule has 0 atom stereocenters. The monoisotopic (exact) mass is 262 g/mol. The number of halogens is 3. The van der Waals surface area contributed by atoms with Gasteiger partial charge in [0.25, 0.3) is 0 Å². The number of rotatable bonds is 2. The third kappa shape index (κ3) is 4.07. The number of benzene rings is 1. The first-order chi connectivity index (χ1) is 7.63. The topological polar surface area (TPSA) is 17.1 Å². The van der Waals surface area contributed by atoms with Crippen molar-refractivity contribution in [3.63, 3.8) is 0 Å². The molecule has 94 valence electrons. The Balaban J connectivity index is 3.25. The molecule has 0 amide bonds. The van der Waals surface area contributed by atoms with E-state index < -0.39 is 11.7 Å². The zero-order valence-electron chi connectivity index (χ0n) is 9.76. The first-order valence-corrected chi connectivity index (χ1v) is 5.80. The van der Waals surface area contributed by atoms with E-state index in [-0.39, 0.29) is 15.2 Å². The molecule has 0 fully saturated rings. The third-order valence-electron chi connectivity index (χ3n) is 1.86. The van der Waals surface area contributed by atoms with E-state index in [9.17, 15) is 18.0 Å². The minimum Gasteiger partial charge on any atom is -0.298 e. The van der Waals surface area contributed by atoms with Crippen molar-refractivity contribution in [2.45, 2.75) is 36.6 Å². The van der Waals surface area contributed by atoms with Crippen LogP contribution in [0.4, 0.5) is 13.2 Å². The Kier molecular flexibility index (Phi) is 3.91. The second-order valence-corrected chi connectivity index (χ2v) is 6.45. The van der Waals surface area contributed by atoms with E-state index in [4.69, 9.17) is 0 Å². The summed E-state index contributed by atoms with van der Waals surface area (Å²) in [5, 5.41) is 0. The van der Waals surface area contributed by atoms with Gasteiger partial charge in [-0.25, -0.2) is 0 Å². The van der Waals surface area contributed by atoms with E-state index in [1.54, 1.807) is 0 Å². The van der Waals surface area contributed by atoms with E-state index in [0.717, 1.165) is 17.8 Å². The normalized spacial score (nSPS) is 12.6. The van der Waals surface area contributed by atoms with E-state index in [1.807, 2.05) is 20.8 Å². The molecule has 17 heavy (non-hydrogen) atoms. The number of aldehydes is 1. The number of thioether (sulfide) groups is 1. The molecule has 0 saturated carbocycles. The second kappa shape index (κ2) is 4.72. The van der Waals surface area contributed by atoms with Gasteiger partial charge in [0.05, 0.1) is 5.56 Å². The van der Waals surface area contributed by atoms with Crippen molar-refractivity contribution in [2.75, 3.05) is 0 Å². The Morgan fingerprint density at radius 1 is 1.18 bits per heavy atom. The van der Waals surface area contributed by atoms with Crippen LogP contribution in [0.3, 0.4) is 0 Å². The Bertz CT molecular complexity index is 419. The summed E-state index contributed by atoms with van der Waals surface area (Å²) in [4.78, 5) is 10.7. The minimum absolute atomic E-state index is 0.0376. The van der Waals surface area contributed by atoms with Crippen LogP contribution in [0.15, 0.2) is 23.1 Å². The molecule has 1 aromatic carbocycles. The zero-order chi connectivity index (χ0) is 13.3. The minimum atomic E-state index is -4.44. The molecule has 0 saturated heterocycles. The molecule has 0 aliphatic carbocycles. The van der Waals surface area contributed by atoms with Crippen molar-refractivity contribution in [1.82, 2.24) is 0 Å². The molecule has 0 aliphatic heterocycles. The van der Waals surface area contributed by atoms with E-state index in [1.165, 1.54) is 12.1 Å². The van der Waals surface area contributed by atoms with Crippen LogP contribution in [0, 0.1) is 0 Å². The number of alkyl halides is 3. The summed E-state index contributed by atoms with van der Waals surface area (Å²) in [7, 11) is 0. The third-order valence-corrected chi connectivity index (χ3v) is 3.05. The predicted molar refractivity (Wildman–Crippen MR) is 62.4 cm³/mol. The molecular weight excluding hydrogens is 249 g/mol. The largest absolute Gasteiger partial charge is 0.417 e. The number of carbonyl (C=O) groups is 1. The van der Waals surface area contributed by atoms with Gasteiger partial charge in [-0.15, -0.1) is 11.8 Å². The Morgan fingerprint density at radius 2 is 1.76 bits per heavy atom. The highest BCUT2D eigenvalue weighted by Crippen LogP contribution is 2.41. The van der Waals surface area contributed by atoms with Crippen LogP contribution in [-0.2, 0) is 6.18 Å². The number of hydrogen-bond acceptors (Lipinski definition) is 2. The standard InChI is InChI=1S/C12H13F3OS/c1-11(2,3)17-10-5-4-8(7-16)6-9(10)12(13,14)15/h4-7H,1-3H3. The maximum atomic E-state index is 12.8. The lowest BCUT2D eigenvalue weighted by atomic mass is 10.1. The zero-order valence-corrected chi connectivity index (χ0v) is 10.6.